The van der Waals surface area contributed by atoms with Crippen molar-refractivity contribution < 1.29 is 9.53 Å². The zero-order chi connectivity index (χ0) is 21.2. The molecule has 3 rings (SSSR count). The van der Waals surface area contributed by atoms with Gasteiger partial charge in [-0.2, -0.15) is 0 Å². The highest BCUT2D eigenvalue weighted by atomic mass is 127. The van der Waals surface area contributed by atoms with Gasteiger partial charge in [-0.05, 0) is 69.3 Å². The number of carbonyl (C=O) groups is 1. The van der Waals surface area contributed by atoms with E-state index in [1.807, 2.05) is 17.0 Å². The fourth-order valence-corrected chi connectivity index (χ4v) is 4.13. The number of benzene rings is 1. The summed E-state index contributed by atoms with van der Waals surface area (Å²) in [4.78, 5) is 21.2. The summed E-state index contributed by atoms with van der Waals surface area (Å²) in [5, 5.41) is 6.72. The second-order valence-corrected chi connectivity index (χ2v) is 8.23. The van der Waals surface area contributed by atoms with Gasteiger partial charge < -0.3 is 20.3 Å². The lowest BCUT2D eigenvalue weighted by Gasteiger charge is -2.32. The quantitative estimate of drug-likeness (QED) is 0.300. The summed E-state index contributed by atoms with van der Waals surface area (Å²) in [5.74, 6) is 2.43. The molecule has 0 spiro atoms. The van der Waals surface area contributed by atoms with Crippen molar-refractivity contribution in [3.8, 4) is 5.75 Å². The van der Waals surface area contributed by atoms with Gasteiger partial charge in [0.25, 0.3) is 0 Å². The number of nitrogens with zero attached hydrogens (tertiary/aromatic N) is 3. The number of rotatable bonds is 8. The first-order valence-corrected chi connectivity index (χ1v) is 11.3. The zero-order valence-corrected chi connectivity index (χ0v) is 21.3. The minimum Gasteiger partial charge on any atom is -0.497 e. The van der Waals surface area contributed by atoms with E-state index in [1.54, 1.807) is 7.11 Å². The van der Waals surface area contributed by atoms with Crippen LogP contribution in [0.2, 0.25) is 0 Å². The van der Waals surface area contributed by atoms with Gasteiger partial charge >= 0.3 is 0 Å². The molecule has 2 aliphatic rings. The molecule has 1 amide bonds. The minimum absolute atomic E-state index is 0. The molecule has 8 heteroatoms. The van der Waals surface area contributed by atoms with E-state index >= 15 is 0 Å². The van der Waals surface area contributed by atoms with E-state index in [-0.39, 0.29) is 36.4 Å². The summed E-state index contributed by atoms with van der Waals surface area (Å²) in [6, 6.07) is 8.36. The van der Waals surface area contributed by atoms with Crippen LogP contribution in [-0.2, 0) is 11.3 Å². The monoisotopic (exact) mass is 543 g/mol. The lowest BCUT2D eigenvalue weighted by atomic mass is 9.96. The average Bonchev–Trinajstić information content (AvgIpc) is 3.32. The number of aliphatic imine (C=N–C) groups is 1. The predicted octanol–water partition coefficient (Wildman–Crippen LogP) is 2.70. The lowest BCUT2D eigenvalue weighted by molar-refractivity contribution is -0.128. The van der Waals surface area contributed by atoms with Gasteiger partial charge in [0.2, 0.25) is 5.91 Å². The van der Waals surface area contributed by atoms with Crippen LogP contribution >= 0.6 is 24.0 Å². The van der Waals surface area contributed by atoms with Crippen LogP contribution in [0.1, 0.15) is 38.2 Å². The maximum absolute atomic E-state index is 12.2. The number of halogens is 1. The van der Waals surface area contributed by atoms with Gasteiger partial charge in [-0.3, -0.25) is 9.69 Å². The maximum Gasteiger partial charge on any atom is 0.244 e. The number of likely N-dealkylation sites (tertiary alicyclic amines) is 2. The second kappa shape index (κ2) is 13.8. The highest BCUT2D eigenvalue weighted by Gasteiger charge is 2.20. The molecule has 0 radical (unpaired) electrons. The molecular formula is C23H38IN5O2. The van der Waals surface area contributed by atoms with Crippen LogP contribution in [0.25, 0.3) is 0 Å². The van der Waals surface area contributed by atoms with Crippen molar-refractivity contribution in [1.29, 1.82) is 0 Å². The average molecular weight is 543 g/mol. The molecule has 7 nitrogen and oxygen atoms in total. The lowest BCUT2D eigenvalue weighted by Crippen LogP contribution is -2.43. The molecule has 0 bridgehead atoms. The molecule has 0 atom stereocenters. The number of amides is 1. The van der Waals surface area contributed by atoms with Gasteiger partial charge in [0.15, 0.2) is 5.96 Å². The van der Waals surface area contributed by atoms with Crippen molar-refractivity contribution in [2.24, 2.45) is 10.9 Å². The molecule has 1 aromatic rings. The smallest absolute Gasteiger partial charge is 0.244 e. The molecule has 2 heterocycles. The molecule has 2 aliphatic heterocycles. The third kappa shape index (κ3) is 8.48. The van der Waals surface area contributed by atoms with Crippen molar-refractivity contribution >= 4 is 35.8 Å². The molecule has 31 heavy (non-hydrogen) atoms. The highest BCUT2D eigenvalue weighted by molar-refractivity contribution is 14.0. The maximum atomic E-state index is 12.2. The number of carbonyl (C=O) groups excluding carboxylic acids is 1. The molecule has 2 fully saturated rings. The normalized spacial score (nSPS) is 17.9. The van der Waals surface area contributed by atoms with Crippen LogP contribution < -0.4 is 15.4 Å². The van der Waals surface area contributed by atoms with Gasteiger partial charge in [0, 0.05) is 32.7 Å². The van der Waals surface area contributed by atoms with Crippen LogP contribution in [0.5, 0.6) is 5.75 Å². The van der Waals surface area contributed by atoms with Crippen LogP contribution in [0, 0.1) is 5.92 Å². The Kier molecular flexibility index (Phi) is 11.4. The summed E-state index contributed by atoms with van der Waals surface area (Å²) < 4.78 is 5.24. The number of piperidine rings is 1. The molecule has 2 N–H and O–H groups in total. The van der Waals surface area contributed by atoms with Crippen molar-refractivity contribution in [1.82, 2.24) is 20.4 Å². The molecule has 0 aromatic heterocycles. The zero-order valence-electron chi connectivity index (χ0n) is 18.9. The van der Waals surface area contributed by atoms with Crippen molar-refractivity contribution in [2.45, 2.75) is 39.2 Å². The van der Waals surface area contributed by atoms with E-state index in [4.69, 9.17) is 4.74 Å². The van der Waals surface area contributed by atoms with E-state index in [9.17, 15) is 4.79 Å². The van der Waals surface area contributed by atoms with Crippen LogP contribution in [0.15, 0.2) is 29.3 Å². The van der Waals surface area contributed by atoms with E-state index in [0.29, 0.717) is 5.92 Å². The Morgan fingerprint density at radius 3 is 2.39 bits per heavy atom. The molecule has 0 saturated carbocycles. The Balaban J connectivity index is 0.00000341. The Labute approximate surface area is 204 Å². The predicted molar refractivity (Wildman–Crippen MR) is 136 cm³/mol. The number of nitrogens with one attached hydrogen (secondary N) is 2. The van der Waals surface area contributed by atoms with Gasteiger partial charge in [-0.15, -0.1) is 24.0 Å². The molecule has 0 unspecified atom stereocenters. The highest BCUT2D eigenvalue weighted by Crippen LogP contribution is 2.19. The molecule has 1 aromatic carbocycles. The summed E-state index contributed by atoms with van der Waals surface area (Å²) in [7, 11) is 1.70. The SMILES string of the molecule is CCNC(=NCC(=O)N1CCCC1)NCC1CCN(Cc2ccc(OC)cc2)CC1.I. The van der Waals surface area contributed by atoms with Crippen molar-refractivity contribution in [3.05, 3.63) is 29.8 Å². The Morgan fingerprint density at radius 1 is 1.10 bits per heavy atom. The third-order valence-electron chi connectivity index (χ3n) is 6.01. The van der Waals surface area contributed by atoms with Gasteiger partial charge in [-0.25, -0.2) is 4.99 Å². The number of hydrogen-bond acceptors (Lipinski definition) is 4. The minimum atomic E-state index is 0. The van der Waals surface area contributed by atoms with Gasteiger partial charge in [-0.1, -0.05) is 12.1 Å². The first-order chi connectivity index (χ1) is 14.7. The van der Waals surface area contributed by atoms with Crippen LogP contribution in [0.3, 0.4) is 0 Å². The largest absolute Gasteiger partial charge is 0.497 e. The fraction of sp³-hybridized carbons (Fsp3) is 0.652. The third-order valence-corrected chi connectivity index (χ3v) is 6.01. The summed E-state index contributed by atoms with van der Waals surface area (Å²) >= 11 is 0. The van der Waals surface area contributed by atoms with E-state index in [2.05, 4.69) is 39.6 Å². The fourth-order valence-electron chi connectivity index (χ4n) is 4.13. The van der Waals surface area contributed by atoms with Gasteiger partial charge in [0.05, 0.1) is 7.11 Å². The van der Waals surface area contributed by atoms with Crippen LogP contribution in [0.4, 0.5) is 0 Å². The summed E-state index contributed by atoms with van der Waals surface area (Å²) in [6.45, 7) is 8.96. The number of hydrogen-bond donors (Lipinski definition) is 2. The molecule has 2 saturated heterocycles. The number of methoxy groups -OCH3 is 1. The van der Waals surface area contributed by atoms with E-state index in [0.717, 1.165) is 70.4 Å². The molecular weight excluding hydrogens is 505 g/mol. The van der Waals surface area contributed by atoms with Crippen molar-refractivity contribution in [2.75, 3.05) is 52.9 Å². The second-order valence-electron chi connectivity index (χ2n) is 8.23. The first-order valence-electron chi connectivity index (χ1n) is 11.3. The summed E-state index contributed by atoms with van der Waals surface area (Å²) in [6.07, 6.45) is 4.58. The first kappa shape index (κ1) is 25.7. The van der Waals surface area contributed by atoms with Crippen LogP contribution in [-0.4, -0.2) is 74.6 Å². The Bertz CT molecular complexity index is 684. The Morgan fingerprint density at radius 2 is 1.77 bits per heavy atom. The van der Waals surface area contributed by atoms with E-state index in [1.165, 1.54) is 18.4 Å². The van der Waals surface area contributed by atoms with E-state index < -0.39 is 0 Å². The molecule has 0 aliphatic carbocycles. The standard InChI is InChI=1S/C23H37N5O2.HI/c1-3-24-23(26-17-22(29)28-12-4-5-13-28)25-16-19-10-14-27(15-11-19)18-20-6-8-21(30-2)9-7-20;/h6-9,19H,3-5,10-18H2,1-2H3,(H2,24,25,26);1H. The number of guanidine groups is 1. The van der Waals surface area contributed by atoms with Crippen molar-refractivity contribution in [3.63, 3.8) is 0 Å². The summed E-state index contributed by atoms with van der Waals surface area (Å²) in [5.41, 5.74) is 1.33. The molecule has 174 valence electrons. The topological polar surface area (TPSA) is 69.2 Å². The Hall–Kier alpha value is -1.55. The van der Waals surface area contributed by atoms with Gasteiger partial charge in [0.1, 0.15) is 12.3 Å². The number of ether oxygens (including phenoxy) is 1.